The van der Waals surface area contributed by atoms with Crippen molar-refractivity contribution in [3.63, 3.8) is 0 Å². The number of anilines is 1. The summed E-state index contributed by atoms with van der Waals surface area (Å²) in [7, 11) is 0. The van der Waals surface area contributed by atoms with Crippen LogP contribution in [0.2, 0.25) is 0 Å². The second-order valence-corrected chi connectivity index (χ2v) is 4.16. The molecule has 1 fully saturated rings. The van der Waals surface area contributed by atoms with Crippen LogP contribution in [-0.4, -0.2) is 30.1 Å². The molecule has 3 N–H and O–H groups in total. The first-order valence-electron chi connectivity index (χ1n) is 5.60. The smallest absolute Gasteiger partial charge is 0.379 e. The highest BCUT2D eigenvalue weighted by Gasteiger charge is 2.33. The first-order valence-corrected chi connectivity index (χ1v) is 5.60. The van der Waals surface area contributed by atoms with Crippen molar-refractivity contribution in [2.45, 2.75) is 18.6 Å². The average Bonchev–Trinajstić information content (AvgIpc) is 2.80. The van der Waals surface area contributed by atoms with E-state index in [1.807, 2.05) is 0 Å². The third-order valence-electron chi connectivity index (χ3n) is 2.72. The van der Waals surface area contributed by atoms with Gasteiger partial charge in [0.15, 0.2) is 0 Å². The molecule has 19 heavy (non-hydrogen) atoms. The number of carbonyl (C=O) groups is 1. The zero-order valence-electron chi connectivity index (χ0n) is 9.83. The maximum absolute atomic E-state index is 12.6. The largest absolute Gasteiger partial charge is 0.433 e. The molecule has 1 unspecified atom stereocenters. The molecule has 0 saturated carbocycles. The fraction of sp³-hybridized carbons (Fsp3) is 0.455. The molecule has 0 aromatic carbocycles. The fourth-order valence-electron chi connectivity index (χ4n) is 1.77. The monoisotopic (exact) mass is 275 g/mol. The van der Waals surface area contributed by atoms with Crippen molar-refractivity contribution in [3.05, 3.63) is 23.4 Å². The lowest BCUT2D eigenvalue weighted by Gasteiger charge is -2.15. The van der Waals surface area contributed by atoms with Gasteiger partial charge in [-0.05, 0) is 18.6 Å². The van der Waals surface area contributed by atoms with Crippen LogP contribution in [0.25, 0.3) is 0 Å². The average molecular weight is 275 g/mol. The number of amides is 1. The number of nitrogens with zero attached hydrogens (tertiary/aromatic N) is 1. The minimum atomic E-state index is -4.57. The summed E-state index contributed by atoms with van der Waals surface area (Å²) in [6.45, 7) is 0.874. The van der Waals surface area contributed by atoms with Crippen molar-refractivity contribution in [2.75, 3.05) is 18.5 Å². The van der Waals surface area contributed by atoms with E-state index >= 15 is 0 Å². The maximum Gasteiger partial charge on any atom is 0.433 e. The second kappa shape index (κ2) is 5.04. The molecule has 104 valence electrons. The second-order valence-electron chi connectivity index (χ2n) is 4.16. The lowest BCUT2D eigenvalue weighted by atomic mass is 10.2. The van der Waals surface area contributed by atoms with Crippen molar-refractivity contribution >= 4 is 11.7 Å². The molecule has 1 aromatic heterocycles. The lowest BCUT2D eigenvalue weighted by Crippen LogP contribution is -2.24. The summed E-state index contributed by atoms with van der Waals surface area (Å²) in [5, 5.41) is 2.77. The van der Waals surface area contributed by atoms with Gasteiger partial charge in [0.25, 0.3) is 5.91 Å². The Morgan fingerprint density at radius 1 is 1.47 bits per heavy atom. The topological polar surface area (TPSA) is 77.2 Å². The fourth-order valence-corrected chi connectivity index (χ4v) is 1.77. The van der Waals surface area contributed by atoms with Gasteiger partial charge in [0.2, 0.25) is 0 Å². The van der Waals surface area contributed by atoms with E-state index < -0.39 is 17.8 Å². The quantitative estimate of drug-likeness (QED) is 0.874. The standard InChI is InChI=1S/C11H12F3N3O2/c12-11(13,14)8-2-1-7(9(15)18)10(17-8)16-6-3-4-19-5-6/h1-2,6H,3-5H2,(H2,15,18)(H,16,17). The molecule has 8 heteroatoms. The molecule has 1 aromatic rings. The molecule has 0 bridgehead atoms. The first kappa shape index (κ1) is 13.6. The Balaban J connectivity index is 2.32. The summed E-state index contributed by atoms with van der Waals surface area (Å²) >= 11 is 0. The highest BCUT2D eigenvalue weighted by Crippen LogP contribution is 2.29. The van der Waals surface area contributed by atoms with E-state index in [1.165, 1.54) is 0 Å². The number of nitrogens with one attached hydrogen (secondary N) is 1. The number of ether oxygens (including phenoxy) is 1. The van der Waals surface area contributed by atoms with Crippen LogP contribution in [-0.2, 0) is 10.9 Å². The number of pyridine rings is 1. The van der Waals surface area contributed by atoms with Gasteiger partial charge in [-0.3, -0.25) is 4.79 Å². The first-order chi connectivity index (χ1) is 8.88. The predicted octanol–water partition coefficient (Wildman–Crippen LogP) is 1.40. The molecule has 0 aliphatic carbocycles. The number of halogens is 3. The summed E-state index contributed by atoms with van der Waals surface area (Å²) in [4.78, 5) is 14.6. The highest BCUT2D eigenvalue weighted by molar-refractivity contribution is 5.97. The SMILES string of the molecule is NC(=O)c1ccc(C(F)(F)F)nc1NC1CCOC1. The van der Waals surface area contributed by atoms with Gasteiger partial charge in [0.1, 0.15) is 11.5 Å². The summed E-state index contributed by atoms with van der Waals surface area (Å²) in [6.07, 6.45) is -3.94. The van der Waals surface area contributed by atoms with Crippen LogP contribution in [0, 0.1) is 0 Å². The van der Waals surface area contributed by atoms with Crippen molar-refractivity contribution < 1.29 is 22.7 Å². The van der Waals surface area contributed by atoms with Gasteiger partial charge in [-0.1, -0.05) is 0 Å². The Labute approximate surface area is 106 Å². The lowest BCUT2D eigenvalue weighted by molar-refractivity contribution is -0.141. The minimum absolute atomic E-state index is 0.0695. The Morgan fingerprint density at radius 2 is 2.21 bits per heavy atom. The van der Waals surface area contributed by atoms with E-state index in [9.17, 15) is 18.0 Å². The number of hydrogen-bond donors (Lipinski definition) is 2. The van der Waals surface area contributed by atoms with Crippen molar-refractivity contribution in [3.8, 4) is 0 Å². The normalized spacial score (nSPS) is 19.4. The van der Waals surface area contributed by atoms with Crippen LogP contribution in [0.1, 0.15) is 22.5 Å². The zero-order valence-corrected chi connectivity index (χ0v) is 9.83. The van der Waals surface area contributed by atoms with Crippen molar-refractivity contribution in [2.24, 2.45) is 5.73 Å². The highest BCUT2D eigenvalue weighted by atomic mass is 19.4. The Kier molecular flexibility index (Phi) is 3.61. The van der Waals surface area contributed by atoms with Gasteiger partial charge in [0.05, 0.1) is 18.2 Å². The van der Waals surface area contributed by atoms with Crippen LogP contribution in [0.15, 0.2) is 12.1 Å². The number of rotatable bonds is 3. The molecule has 1 aliphatic heterocycles. The van der Waals surface area contributed by atoms with Crippen LogP contribution in [0.3, 0.4) is 0 Å². The van der Waals surface area contributed by atoms with Gasteiger partial charge in [0, 0.05) is 6.61 Å². The summed E-state index contributed by atoms with van der Waals surface area (Å²) in [5.41, 5.74) is 3.98. The maximum atomic E-state index is 12.6. The Bertz CT molecular complexity index is 485. The van der Waals surface area contributed by atoms with Crippen molar-refractivity contribution in [1.82, 2.24) is 4.98 Å². The minimum Gasteiger partial charge on any atom is -0.379 e. The van der Waals surface area contributed by atoms with Crippen LogP contribution < -0.4 is 11.1 Å². The molecule has 1 aliphatic rings. The van der Waals surface area contributed by atoms with Crippen LogP contribution in [0.4, 0.5) is 19.0 Å². The molecule has 1 atom stereocenters. The van der Waals surface area contributed by atoms with E-state index in [4.69, 9.17) is 10.5 Å². The number of alkyl halides is 3. The molecule has 2 heterocycles. The Hall–Kier alpha value is -1.83. The van der Waals surface area contributed by atoms with E-state index in [1.54, 1.807) is 0 Å². The summed E-state index contributed by atoms with van der Waals surface area (Å²) in [6, 6.07) is 1.58. The van der Waals surface area contributed by atoms with Crippen LogP contribution in [0.5, 0.6) is 0 Å². The molecule has 1 amide bonds. The molecular formula is C11H12F3N3O2. The number of primary amides is 1. The van der Waals surface area contributed by atoms with Gasteiger partial charge in [-0.15, -0.1) is 0 Å². The third-order valence-corrected chi connectivity index (χ3v) is 2.72. The molecule has 0 spiro atoms. The molecule has 0 radical (unpaired) electrons. The van der Waals surface area contributed by atoms with Gasteiger partial charge in [-0.25, -0.2) is 4.98 Å². The van der Waals surface area contributed by atoms with E-state index in [0.717, 1.165) is 12.1 Å². The molecule has 5 nitrogen and oxygen atoms in total. The summed E-state index contributed by atoms with van der Waals surface area (Å²) < 4.78 is 42.8. The number of aromatic nitrogens is 1. The number of nitrogens with two attached hydrogens (primary N) is 1. The van der Waals surface area contributed by atoms with E-state index in [-0.39, 0.29) is 17.4 Å². The van der Waals surface area contributed by atoms with Crippen LogP contribution >= 0.6 is 0 Å². The zero-order chi connectivity index (χ0) is 14.0. The van der Waals surface area contributed by atoms with Gasteiger partial charge in [-0.2, -0.15) is 13.2 Å². The van der Waals surface area contributed by atoms with Gasteiger partial charge < -0.3 is 15.8 Å². The van der Waals surface area contributed by atoms with Crippen molar-refractivity contribution in [1.29, 1.82) is 0 Å². The molecule has 2 rings (SSSR count). The third kappa shape index (κ3) is 3.14. The molecule has 1 saturated heterocycles. The summed E-state index contributed by atoms with van der Waals surface area (Å²) in [5.74, 6) is -0.986. The predicted molar refractivity (Wildman–Crippen MR) is 60.6 cm³/mol. The number of carbonyl (C=O) groups excluding carboxylic acids is 1. The molecular weight excluding hydrogens is 263 g/mol. The Morgan fingerprint density at radius 3 is 2.74 bits per heavy atom. The van der Waals surface area contributed by atoms with E-state index in [0.29, 0.717) is 19.6 Å². The van der Waals surface area contributed by atoms with E-state index in [2.05, 4.69) is 10.3 Å². The number of hydrogen-bond acceptors (Lipinski definition) is 4. The van der Waals surface area contributed by atoms with Gasteiger partial charge >= 0.3 is 6.18 Å².